The number of methoxy groups -OCH3 is 2. The topological polar surface area (TPSA) is 44.8 Å². The van der Waals surface area contributed by atoms with Crippen LogP contribution in [-0.4, -0.2) is 26.6 Å². The number of hydrogen-bond donors (Lipinski definition) is 0. The second-order valence-corrected chi connectivity index (χ2v) is 2.92. The highest BCUT2D eigenvalue weighted by molar-refractivity contribution is 6.03. The summed E-state index contributed by atoms with van der Waals surface area (Å²) < 4.78 is 15.3. The zero-order valence-electron chi connectivity index (χ0n) is 7.99. The molecular formula is C10H10O4. The van der Waals surface area contributed by atoms with Crippen molar-refractivity contribution in [2.75, 3.05) is 20.8 Å². The fraction of sp³-hybridized carbons (Fsp3) is 0.300. The summed E-state index contributed by atoms with van der Waals surface area (Å²) in [5.41, 5.74) is 0.529. The zero-order chi connectivity index (χ0) is 10.1. The number of fused-ring (bicyclic) bond motifs is 1. The summed E-state index contributed by atoms with van der Waals surface area (Å²) >= 11 is 0. The van der Waals surface area contributed by atoms with Gasteiger partial charge in [0.05, 0.1) is 19.8 Å². The van der Waals surface area contributed by atoms with E-state index in [4.69, 9.17) is 14.2 Å². The predicted molar refractivity (Wildman–Crippen MR) is 49.4 cm³/mol. The van der Waals surface area contributed by atoms with Crippen molar-refractivity contribution in [3.05, 3.63) is 17.7 Å². The standard InChI is InChI=1S/C10H10O4/c1-12-6-3-7-8(11)5-14-10(7)9(4-6)13-2/h3-4H,5H2,1-2H3. The lowest BCUT2D eigenvalue weighted by molar-refractivity contribution is 0.0960. The highest BCUT2D eigenvalue weighted by Gasteiger charge is 2.25. The molecule has 1 aliphatic rings. The van der Waals surface area contributed by atoms with Crippen LogP contribution in [0.5, 0.6) is 17.2 Å². The Labute approximate surface area is 81.4 Å². The number of carbonyl (C=O) groups is 1. The van der Waals surface area contributed by atoms with E-state index >= 15 is 0 Å². The molecule has 0 radical (unpaired) electrons. The molecule has 1 heterocycles. The summed E-state index contributed by atoms with van der Waals surface area (Å²) in [5, 5.41) is 0. The van der Waals surface area contributed by atoms with Crippen molar-refractivity contribution >= 4 is 5.78 Å². The number of Topliss-reactive ketones (excluding diaryl/α,β-unsaturated/α-hetero) is 1. The van der Waals surface area contributed by atoms with Crippen LogP contribution in [0, 0.1) is 0 Å². The van der Waals surface area contributed by atoms with Gasteiger partial charge in [-0.05, 0) is 6.07 Å². The van der Waals surface area contributed by atoms with Gasteiger partial charge in [0.2, 0.25) is 5.78 Å². The van der Waals surface area contributed by atoms with Gasteiger partial charge < -0.3 is 14.2 Å². The Morgan fingerprint density at radius 2 is 2.07 bits per heavy atom. The molecule has 0 aliphatic carbocycles. The Hall–Kier alpha value is -1.71. The maximum Gasteiger partial charge on any atom is 0.204 e. The van der Waals surface area contributed by atoms with Gasteiger partial charge in [-0.15, -0.1) is 0 Å². The fourth-order valence-electron chi connectivity index (χ4n) is 1.42. The molecule has 0 bridgehead atoms. The monoisotopic (exact) mass is 194 g/mol. The Balaban J connectivity index is 2.58. The molecule has 0 saturated carbocycles. The second-order valence-electron chi connectivity index (χ2n) is 2.92. The Morgan fingerprint density at radius 3 is 2.71 bits per heavy atom. The number of rotatable bonds is 2. The first-order valence-corrected chi connectivity index (χ1v) is 4.18. The molecule has 1 aromatic carbocycles. The van der Waals surface area contributed by atoms with E-state index in [0.29, 0.717) is 22.8 Å². The summed E-state index contributed by atoms with van der Waals surface area (Å²) in [6.07, 6.45) is 0. The second kappa shape index (κ2) is 3.21. The fourth-order valence-corrected chi connectivity index (χ4v) is 1.42. The lowest BCUT2D eigenvalue weighted by Crippen LogP contribution is -1.98. The van der Waals surface area contributed by atoms with Crippen molar-refractivity contribution < 1.29 is 19.0 Å². The molecule has 1 aliphatic heterocycles. The van der Waals surface area contributed by atoms with E-state index in [-0.39, 0.29) is 12.4 Å². The van der Waals surface area contributed by atoms with Crippen molar-refractivity contribution in [1.82, 2.24) is 0 Å². The maximum absolute atomic E-state index is 11.4. The van der Waals surface area contributed by atoms with Crippen molar-refractivity contribution in [3.63, 3.8) is 0 Å². The van der Waals surface area contributed by atoms with E-state index in [1.807, 2.05) is 0 Å². The van der Waals surface area contributed by atoms with E-state index in [0.717, 1.165) is 0 Å². The molecule has 0 unspecified atom stereocenters. The van der Waals surface area contributed by atoms with Crippen molar-refractivity contribution in [2.24, 2.45) is 0 Å². The number of ketones is 1. The third kappa shape index (κ3) is 1.19. The lowest BCUT2D eigenvalue weighted by Gasteiger charge is -2.07. The average Bonchev–Trinajstić information content (AvgIpc) is 2.59. The quantitative estimate of drug-likeness (QED) is 0.711. The largest absolute Gasteiger partial charge is 0.497 e. The van der Waals surface area contributed by atoms with Crippen LogP contribution in [0.25, 0.3) is 0 Å². The Bertz CT molecular complexity index is 384. The molecule has 0 atom stereocenters. The molecule has 0 spiro atoms. The van der Waals surface area contributed by atoms with E-state index in [2.05, 4.69) is 0 Å². The van der Waals surface area contributed by atoms with Crippen LogP contribution in [0.2, 0.25) is 0 Å². The minimum Gasteiger partial charge on any atom is -0.497 e. The SMILES string of the molecule is COc1cc(OC)c2c(c1)C(=O)CO2. The molecule has 0 N–H and O–H groups in total. The van der Waals surface area contributed by atoms with Crippen LogP contribution in [0.4, 0.5) is 0 Å². The third-order valence-corrected chi connectivity index (χ3v) is 2.13. The van der Waals surface area contributed by atoms with E-state index in [1.54, 1.807) is 19.2 Å². The molecule has 2 rings (SSSR count). The molecule has 0 amide bonds. The van der Waals surface area contributed by atoms with E-state index < -0.39 is 0 Å². The van der Waals surface area contributed by atoms with Gasteiger partial charge in [-0.3, -0.25) is 4.79 Å². The van der Waals surface area contributed by atoms with Gasteiger partial charge in [0, 0.05) is 6.07 Å². The predicted octanol–water partition coefficient (Wildman–Crippen LogP) is 1.28. The number of ether oxygens (including phenoxy) is 3. The Kier molecular flexibility index (Phi) is 2.04. The van der Waals surface area contributed by atoms with Gasteiger partial charge in [0.15, 0.2) is 18.1 Å². The maximum atomic E-state index is 11.4. The first-order chi connectivity index (χ1) is 6.76. The molecule has 0 fully saturated rings. The summed E-state index contributed by atoms with van der Waals surface area (Å²) in [6, 6.07) is 3.35. The summed E-state index contributed by atoms with van der Waals surface area (Å²) in [6.45, 7) is 0.0822. The molecule has 0 aromatic heterocycles. The van der Waals surface area contributed by atoms with Crippen molar-refractivity contribution in [1.29, 1.82) is 0 Å². The van der Waals surface area contributed by atoms with Crippen LogP contribution in [0.15, 0.2) is 12.1 Å². The van der Waals surface area contributed by atoms with Gasteiger partial charge in [-0.2, -0.15) is 0 Å². The molecule has 4 nitrogen and oxygen atoms in total. The molecule has 4 heteroatoms. The molecule has 14 heavy (non-hydrogen) atoms. The highest BCUT2D eigenvalue weighted by atomic mass is 16.5. The van der Waals surface area contributed by atoms with Crippen LogP contribution < -0.4 is 14.2 Å². The highest BCUT2D eigenvalue weighted by Crippen LogP contribution is 2.38. The van der Waals surface area contributed by atoms with Crippen molar-refractivity contribution in [3.8, 4) is 17.2 Å². The smallest absolute Gasteiger partial charge is 0.204 e. The summed E-state index contributed by atoms with van der Waals surface area (Å²) in [7, 11) is 3.07. The van der Waals surface area contributed by atoms with Crippen LogP contribution in [0.3, 0.4) is 0 Å². The van der Waals surface area contributed by atoms with Gasteiger partial charge in [-0.25, -0.2) is 0 Å². The van der Waals surface area contributed by atoms with Gasteiger partial charge in [-0.1, -0.05) is 0 Å². The van der Waals surface area contributed by atoms with Gasteiger partial charge in [0.1, 0.15) is 5.75 Å². The van der Waals surface area contributed by atoms with Crippen LogP contribution >= 0.6 is 0 Å². The number of carbonyl (C=O) groups excluding carboxylic acids is 1. The molecule has 1 aromatic rings. The minimum atomic E-state index is -0.0443. The Morgan fingerprint density at radius 1 is 1.29 bits per heavy atom. The van der Waals surface area contributed by atoms with Crippen molar-refractivity contribution in [2.45, 2.75) is 0 Å². The minimum absolute atomic E-state index is 0.0443. The van der Waals surface area contributed by atoms with Crippen LogP contribution in [0.1, 0.15) is 10.4 Å². The van der Waals surface area contributed by atoms with E-state index in [1.165, 1.54) is 7.11 Å². The number of hydrogen-bond acceptors (Lipinski definition) is 4. The average molecular weight is 194 g/mol. The van der Waals surface area contributed by atoms with Gasteiger partial charge in [0.25, 0.3) is 0 Å². The lowest BCUT2D eigenvalue weighted by atomic mass is 10.1. The first-order valence-electron chi connectivity index (χ1n) is 4.18. The number of benzene rings is 1. The first kappa shape index (κ1) is 8.87. The van der Waals surface area contributed by atoms with Gasteiger partial charge >= 0.3 is 0 Å². The third-order valence-electron chi connectivity index (χ3n) is 2.13. The van der Waals surface area contributed by atoms with E-state index in [9.17, 15) is 4.79 Å². The summed E-state index contributed by atoms with van der Waals surface area (Å²) in [5.74, 6) is 1.60. The molecule has 0 saturated heterocycles. The molecular weight excluding hydrogens is 184 g/mol. The normalized spacial score (nSPS) is 13.4. The molecule has 74 valence electrons. The summed E-state index contributed by atoms with van der Waals surface area (Å²) in [4.78, 5) is 11.4. The van der Waals surface area contributed by atoms with Crippen LogP contribution in [-0.2, 0) is 0 Å². The zero-order valence-corrected chi connectivity index (χ0v) is 7.99.